The van der Waals surface area contributed by atoms with Crippen molar-refractivity contribution in [3.05, 3.63) is 29.6 Å². The van der Waals surface area contributed by atoms with Crippen LogP contribution in [0.2, 0.25) is 0 Å². The number of aromatic nitrogens is 4. The fraction of sp³-hybridized carbons (Fsp3) is 0.250. The Morgan fingerprint density at radius 2 is 1.79 bits per heavy atom. The lowest BCUT2D eigenvalue weighted by atomic mass is 10.1. The van der Waals surface area contributed by atoms with Crippen molar-refractivity contribution in [2.75, 3.05) is 14.2 Å². The predicted octanol–water partition coefficient (Wildman–Crippen LogP) is 1.04. The molecule has 0 saturated carbocycles. The van der Waals surface area contributed by atoms with Gasteiger partial charge in [-0.25, -0.2) is 4.79 Å². The van der Waals surface area contributed by atoms with Crippen molar-refractivity contribution in [1.82, 2.24) is 20.4 Å². The Morgan fingerprint density at radius 1 is 1.11 bits per heavy atom. The van der Waals surface area contributed by atoms with Crippen molar-refractivity contribution in [3.8, 4) is 17.1 Å². The Bertz CT molecular complexity index is 598. The van der Waals surface area contributed by atoms with Crippen LogP contribution < -0.4 is 4.74 Å². The van der Waals surface area contributed by atoms with Gasteiger partial charge in [-0.3, -0.25) is 0 Å². The van der Waals surface area contributed by atoms with Crippen molar-refractivity contribution in [1.29, 1.82) is 0 Å². The highest BCUT2D eigenvalue weighted by Gasteiger charge is 2.17. The summed E-state index contributed by atoms with van der Waals surface area (Å²) in [5.74, 6) is 0.751. The maximum absolute atomic E-state index is 11.8. The van der Waals surface area contributed by atoms with Gasteiger partial charge in [0.1, 0.15) is 5.75 Å². The molecule has 0 radical (unpaired) electrons. The van der Waals surface area contributed by atoms with Gasteiger partial charge in [0.2, 0.25) is 5.82 Å². The van der Waals surface area contributed by atoms with Gasteiger partial charge in [-0.2, -0.15) is 0 Å². The number of hydrogen-bond donors (Lipinski definition) is 0. The zero-order valence-corrected chi connectivity index (χ0v) is 10.7. The molecular weight excluding hydrogens is 248 g/mol. The van der Waals surface area contributed by atoms with E-state index in [-0.39, 0.29) is 5.82 Å². The molecule has 0 saturated heterocycles. The third-order valence-electron chi connectivity index (χ3n) is 2.45. The largest absolute Gasteiger partial charge is 0.497 e. The van der Waals surface area contributed by atoms with E-state index in [1.54, 1.807) is 25.1 Å². The van der Waals surface area contributed by atoms with E-state index < -0.39 is 5.97 Å². The van der Waals surface area contributed by atoms with E-state index in [2.05, 4.69) is 20.4 Å². The maximum atomic E-state index is 11.8. The fourth-order valence-corrected chi connectivity index (χ4v) is 1.51. The molecule has 98 valence electrons. The molecule has 0 atom stereocenters. The molecule has 7 nitrogen and oxygen atoms in total. The molecule has 1 aromatic carbocycles. The maximum Gasteiger partial charge on any atom is 0.338 e. The number of rotatable bonds is 3. The Kier molecular flexibility index (Phi) is 3.65. The van der Waals surface area contributed by atoms with Crippen LogP contribution in [0.25, 0.3) is 11.4 Å². The average molecular weight is 260 g/mol. The number of methoxy groups -OCH3 is 2. The molecule has 0 N–H and O–H groups in total. The molecule has 0 fully saturated rings. The minimum absolute atomic E-state index is 0.258. The van der Waals surface area contributed by atoms with Gasteiger partial charge in [0.25, 0.3) is 0 Å². The fourth-order valence-electron chi connectivity index (χ4n) is 1.51. The third kappa shape index (κ3) is 2.65. The lowest BCUT2D eigenvalue weighted by molar-refractivity contribution is 0.0601. The van der Waals surface area contributed by atoms with E-state index in [1.165, 1.54) is 14.2 Å². The standard InChI is InChI=1S/C12H12N4O3/c1-7-13-15-11(16-14-7)9-5-4-8(18-2)6-10(9)12(17)19-3/h4-6H,1-3H3. The van der Waals surface area contributed by atoms with Crippen LogP contribution in [0.3, 0.4) is 0 Å². The third-order valence-corrected chi connectivity index (χ3v) is 2.45. The minimum Gasteiger partial charge on any atom is -0.497 e. The molecule has 0 spiro atoms. The number of esters is 1. The summed E-state index contributed by atoms with van der Waals surface area (Å²) in [5, 5.41) is 15.5. The van der Waals surface area contributed by atoms with Gasteiger partial charge in [0.05, 0.1) is 19.8 Å². The normalized spacial score (nSPS) is 10.1. The van der Waals surface area contributed by atoms with E-state index in [4.69, 9.17) is 9.47 Å². The van der Waals surface area contributed by atoms with Gasteiger partial charge in [-0.05, 0) is 25.1 Å². The first-order valence-corrected chi connectivity index (χ1v) is 5.46. The van der Waals surface area contributed by atoms with Crippen molar-refractivity contribution < 1.29 is 14.3 Å². The summed E-state index contributed by atoms with van der Waals surface area (Å²) in [6.45, 7) is 1.68. The average Bonchev–Trinajstić information content (AvgIpc) is 2.46. The Hall–Kier alpha value is -2.57. The highest BCUT2D eigenvalue weighted by atomic mass is 16.5. The number of benzene rings is 1. The minimum atomic E-state index is -0.502. The molecule has 19 heavy (non-hydrogen) atoms. The molecule has 0 aliphatic heterocycles. The zero-order valence-electron chi connectivity index (χ0n) is 10.7. The van der Waals surface area contributed by atoms with E-state index in [1.807, 2.05) is 0 Å². The molecule has 0 amide bonds. The van der Waals surface area contributed by atoms with Crippen LogP contribution in [-0.4, -0.2) is 40.6 Å². The van der Waals surface area contributed by atoms with Gasteiger partial charge in [-0.1, -0.05) is 0 Å². The van der Waals surface area contributed by atoms with Crippen LogP contribution in [0.5, 0.6) is 5.75 Å². The second-order valence-corrected chi connectivity index (χ2v) is 3.67. The molecule has 1 aromatic heterocycles. The predicted molar refractivity (Wildman–Crippen MR) is 65.7 cm³/mol. The van der Waals surface area contributed by atoms with Crippen LogP contribution in [0.1, 0.15) is 16.2 Å². The van der Waals surface area contributed by atoms with Crippen LogP contribution >= 0.6 is 0 Å². The number of aryl methyl sites for hydroxylation is 1. The molecule has 2 aromatic rings. The van der Waals surface area contributed by atoms with Crippen molar-refractivity contribution in [2.45, 2.75) is 6.92 Å². The van der Waals surface area contributed by atoms with Crippen LogP contribution in [0.4, 0.5) is 0 Å². The summed E-state index contributed by atoms with van der Waals surface area (Å²) in [6.07, 6.45) is 0. The van der Waals surface area contributed by atoms with Crippen LogP contribution in [0.15, 0.2) is 18.2 Å². The van der Waals surface area contributed by atoms with E-state index in [9.17, 15) is 4.79 Å². The van der Waals surface area contributed by atoms with Crippen molar-refractivity contribution in [3.63, 3.8) is 0 Å². The van der Waals surface area contributed by atoms with Gasteiger partial charge < -0.3 is 9.47 Å². The quantitative estimate of drug-likeness (QED) is 0.762. The van der Waals surface area contributed by atoms with Gasteiger partial charge in [-0.15, -0.1) is 20.4 Å². The molecule has 0 aliphatic rings. The van der Waals surface area contributed by atoms with E-state index >= 15 is 0 Å². The van der Waals surface area contributed by atoms with Crippen molar-refractivity contribution in [2.24, 2.45) is 0 Å². The SMILES string of the molecule is COC(=O)c1cc(OC)ccc1-c1nnc(C)nn1. The second kappa shape index (κ2) is 5.38. The first kappa shape index (κ1) is 12.9. The monoisotopic (exact) mass is 260 g/mol. The first-order valence-electron chi connectivity index (χ1n) is 5.46. The molecule has 0 unspecified atom stereocenters. The summed E-state index contributed by atoms with van der Waals surface area (Å²) in [4.78, 5) is 11.8. The molecule has 0 aliphatic carbocycles. The number of ether oxygens (including phenoxy) is 2. The lowest BCUT2D eigenvalue weighted by Crippen LogP contribution is -2.07. The van der Waals surface area contributed by atoms with Gasteiger partial charge in [0.15, 0.2) is 5.82 Å². The second-order valence-electron chi connectivity index (χ2n) is 3.67. The summed E-state index contributed by atoms with van der Waals surface area (Å²) in [7, 11) is 2.82. The van der Waals surface area contributed by atoms with Gasteiger partial charge >= 0.3 is 5.97 Å². The van der Waals surface area contributed by atoms with Crippen LogP contribution in [-0.2, 0) is 4.74 Å². The Balaban J connectivity index is 2.55. The molecule has 0 bridgehead atoms. The number of carbonyl (C=O) groups is 1. The number of hydrogen-bond acceptors (Lipinski definition) is 7. The lowest BCUT2D eigenvalue weighted by Gasteiger charge is -2.08. The van der Waals surface area contributed by atoms with Crippen molar-refractivity contribution >= 4 is 5.97 Å². The Labute approximate surface area is 109 Å². The van der Waals surface area contributed by atoms with E-state index in [0.717, 1.165) is 0 Å². The number of carbonyl (C=O) groups excluding carboxylic acids is 1. The summed E-state index contributed by atoms with van der Waals surface area (Å²) in [6, 6.07) is 4.93. The molecule has 7 heteroatoms. The topological polar surface area (TPSA) is 87.1 Å². The molecule has 1 heterocycles. The highest BCUT2D eigenvalue weighted by Crippen LogP contribution is 2.24. The molecule has 2 rings (SSSR count). The highest BCUT2D eigenvalue weighted by molar-refractivity contribution is 5.96. The number of nitrogens with zero attached hydrogens (tertiary/aromatic N) is 4. The van der Waals surface area contributed by atoms with Crippen LogP contribution in [0, 0.1) is 6.92 Å². The molecular formula is C12H12N4O3. The Morgan fingerprint density at radius 3 is 2.37 bits per heavy atom. The van der Waals surface area contributed by atoms with E-state index in [0.29, 0.717) is 22.7 Å². The first-order chi connectivity index (χ1) is 9.15. The smallest absolute Gasteiger partial charge is 0.338 e. The summed E-state index contributed by atoms with van der Waals surface area (Å²) < 4.78 is 9.81. The summed E-state index contributed by atoms with van der Waals surface area (Å²) >= 11 is 0. The zero-order chi connectivity index (χ0) is 13.8. The van der Waals surface area contributed by atoms with Gasteiger partial charge in [0, 0.05) is 5.56 Å². The summed E-state index contributed by atoms with van der Waals surface area (Å²) in [5.41, 5.74) is 0.793.